The van der Waals surface area contributed by atoms with E-state index in [9.17, 15) is 4.79 Å². The highest BCUT2D eigenvalue weighted by Gasteiger charge is 2.35. The Morgan fingerprint density at radius 2 is 1.74 bits per heavy atom. The molecule has 1 N–H and O–H groups in total. The predicted octanol–water partition coefficient (Wildman–Crippen LogP) is 6.39. The fourth-order valence-electron chi connectivity index (χ4n) is 4.28. The number of hydrogen-bond acceptors (Lipinski definition) is 7. The number of anilines is 1. The number of nitrogens with one attached hydrogen (secondary N) is 1. The van der Waals surface area contributed by atoms with Crippen molar-refractivity contribution in [3.63, 3.8) is 0 Å². The van der Waals surface area contributed by atoms with E-state index in [1.54, 1.807) is 16.4 Å². The maximum Gasteiger partial charge on any atom is 0.338 e. The second-order valence-corrected chi connectivity index (χ2v) is 9.93. The average molecular weight is 527 g/mol. The number of fused-ring (bicyclic) bond motifs is 1. The molecule has 38 heavy (non-hydrogen) atoms. The molecule has 0 aliphatic carbocycles. The zero-order valence-corrected chi connectivity index (χ0v) is 22.3. The van der Waals surface area contributed by atoms with E-state index < -0.39 is 12.0 Å². The van der Waals surface area contributed by atoms with Gasteiger partial charge in [0.25, 0.3) is 0 Å². The molecule has 0 spiro atoms. The molecule has 4 aromatic rings. The van der Waals surface area contributed by atoms with Crippen LogP contribution in [-0.2, 0) is 21.9 Å². The summed E-state index contributed by atoms with van der Waals surface area (Å²) in [6.07, 6.45) is 0.906. The van der Waals surface area contributed by atoms with Crippen LogP contribution in [0.1, 0.15) is 43.0 Å². The van der Waals surface area contributed by atoms with E-state index in [2.05, 4.69) is 24.4 Å². The van der Waals surface area contributed by atoms with Crippen LogP contribution in [0, 0.1) is 0 Å². The molecule has 1 aliphatic heterocycles. The van der Waals surface area contributed by atoms with Crippen molar-refractivity contribution < 1.29 is 14.3 Å². The van der Waals surface area contributed by atoms with Gasteiger partial charge in [-0.1, -0.05) is 91.5 Å². The molecule has 0 saturated carbocycles. The van der Waals surface area contributed by atoms with Gasteiger partial charge in [-0.2, -0.15) is 4.98 Å². The van der Waals surface area contributed by atoms with Crippen molar-refractivity contribution in [1.29, 1.82) is 0 Å². The lowest BCUT2D eigenvalue weighted by Crippen LogP contribution is -2.29. The topological polar surface area (TPSA) is 78.3 Å². The normalized spacial score (nSPS) is 14.5. The lowest BCUT2D eigenvalue weighted by Gasteiger charge is -2.28. The Labute approximate surface area is 226 Å². The van der Waals surface area contributed by atoms with Crippen LogP contribution in [0.5, 0.6) is 5.75 Å². The van der Waals surface area contributed by atoms with E-state index >= 15 is 0 Å². The number of thioether (sulfide) groups is 1. The SMILES string of the molecule is CCCOc1cccc(C2C(C(=O)OCc3ccccc3)=C(C)Nc3nc(SCc4ccccc4)nn32)c1. The summed E-state index contributed by atoms with van der Waals surface area (Å²) in [6, 6.07) is 27.2. The Morgan fingerprint density at radius 3 is 2.47 bits per heavy atom. The van der Waals surface area contributed by atoms with E-state index in [1.807, 2.05) is 79.7 Å². The van der Waals surface area contributed by atoms with Crippen LogP contribution in [0.3, 0.4) is 0 Å². The van der Waals surface area contributed by atoms with Gasteiger partial charge in [0.1, 0.15) is 18.4 Å². The summed E-state index contributed by atoms with van der Waals surface area (Å²) in [6.45, 7) is 4.75. The van der Waals surface area contributed by atoms with Crippen LogP contribution in [-0.4, -0.2) is 27.3 Å². The van der Waals surface area contributed by atoms with E-state index in [-0.39, 0.29) is 6.61 Å². The Morgan fingerprint density at radius 1 is 1.00 bits per heavy atom. The number of hydrogen-bond donors (Lipinski definition) is 1. The van der Waals surface area contributed by atoms with Crippen molar-refractivity contribution in [1.82, 2.24) is 14.8 Å². The van der Waals surface area contributed by atoms with Crippen LogP contribution in [0.4, 0.5) is 5.95 Å². The summed E-state index contributed by atoms with van der Waals surface area (Å²) in [5.74, 6) is 1.68. The summed E-state index contributed by atoms with van der Waals surface area (Å²) >= 11 is 1.55. The maximum atomic E-state index is 13.5. The summed E-state index contributed by atoms with van der Waals surface area (Å²) < 4.78 is 13.5. The smallest absolute Gasteiger partial charge is 0.338 e. The molecule has 5 rings (SSSR count). The van der Waals surface area contributed by atoms with E-state index in [1.165, 1.54) is 5.56 Å². The molecule has 0 saturated heterocycles. The van der Waals surface area contributed by atoms with Crippen LogP contribution >= 0.6 is 11.8 Å². The van der Waals surface area contributed by atoms with E-state index in [0.717, 1.165) is 29.1 Å². The number of carbonyl (C=O) groups excluding carboxylic acids is 1. The molecule has 1 unspecified atom stereocenters. The largest absolute Gasteiger partial charge is 0.494 e. The lowest BCUT2D eigenvalue weighted by atomic mass is 9.95. The van der Waals surface area contributed by atoms with E-state index in [4.69, 9.17) is 19.6 Å². The van der Waals surface area contributed by atoms with Crippen molar-refractivity contribution in [3.8, 4) is 5.75 Å². The third kappa shape index (κ3) is 5.92. The van der Waals surface area contributed by atoms with Crippen LogP contribution < -0.4 is 10.1 Å². The summed E-state index contributed by atoms with van der Waals surface area (Å²) in [4.78, 5) is 18.3. The van der Waals surface area contributed by atoms with Gasteiger partial charge in [0.05, 0.1) is 12.2 Å². The number of rotatable bonds is 10. The van der Waals surface area contributed by atoms with Gasteiger partial charge in [-0.25, -0.2) is 9.48 Å². The Hall–Kier alpha value is -4.04. The van der Waals surface area contributed by atoms with Gasteiger partial charge >= 0.3 is 5.97 Å². The Kier molecular flexibility index (Phi) is 8.09. The van der Waals surface area contributed by atoms with Crippen molar-refractivity contribution in [3.05, 3.63) is 113 Å². The zero-order valence-electron chi connectivity index (χ0n) is 21.5. The van der Waals surface area contributed by atoms with Crippen LogP contribution in [0.15, 0.2) is 101 Å². The fourth-order valence-corrected chi connectivity index (χ4v) is 5.07. The van der Waals surface area contributed by atoms with Gasteiger partial charge in [0.2, 0.25) is 11.1 Å². The second-order valence-electron chi connectivity index (χ2n) is 8.99. The molecular weight excluding hydrogens is 496 g/mol. The van der Waals surface area contributed by atoms with Gasteiger partial charge in [-0.3, -0.25) is 0 Å². The van der Waals surface area contributed by atoms with Gasteiger partial charge in [-0.15, -0.1) is 5.10 Å². The molecular formula is C30H30N4O3S. The molecule has 194 valence electrons. The zero-order chi connectivity index (χ0) is 26.3. The quantitative estimate of drug-likeness (QED) is 0.189. The Bertz CT molecular complexity index is 1420. The molecule has 1 aromatic heterocycles. The summed E-state index contributed by atoms with van der Waals surface area (Å²) in [5, 5.41) is 8.73. The molecule has 1 atom stereocenters. The van der Waals surface area contributed by atoms with Crippen LogP contribution in [0.25, 0.3) is 0 Å². The molecule has 8 heteroatoms. The summed E-state index contributed by atoms with van der Waals surface area (Å²) in [7, 11) is 0. The lowest BCUT2D eigenvalue weighted by molar-refractivity contribution is -0.140. The molecule has 7 nitrogen and oxygen atoms in total. The molecule has 2 heterocycles. The minimum Gasteiger partial charge on any atom is -0.494 e. The third-order valence-corrected chi connectivity index (χ3v) is 7.03. The fraction of sp³-hybridized carbons (Fsp3) is 0.233. The molecule has 1 aliphatic rings. The third-order valence-electron chi connectivity index (χ3n) is 6.12. The first kappa shape index (κ1) is 25.6. The minimum absolute atomic E-state index is 0.186. The first-order chi connectivity index (χ1) is 18.6. The highest BCUT2D eigenvalue weighted by atomic mass is 32.2. The number of nitrogens with zero attached hydrogens (tertiary/aromatic N) is 3. The number of benzene rings is 3. The maximum absolute atomic E-state index is 13.5. The van der Waals surface area contributed by atoms with Crippen molar-refractivity contribution >= 4 is 23.7 Å². The average Bonchev–Trinajstić information content (AvgIpc) is 3.36. The first-order valence-electron chi connectivity index (χ1n) is 12.7. The number of carbonyl (C=O) groups is 1. The summed E-state index contributed by atoms with van der Waals surface area (Å²) in [5.41, 5.74) is 4.17. The van der Waals surface area contributed by atoms with Crippen LogP contribution in [0.2, 0.25) is 0 Å². The number of esters is 1. The molecule has 3 aromatic carbocycles. The molecule has 0 bridgehead atoms. The number of aromatic nitrogens is 3. The molecule has 0 fully saturated rings. The monoisotopic (exact) mass is 526 g/mol. The number of allylic oxidation sites excluding steroid dienone is 1. The number of ether oxygens (including phenoxy) is 2. The molecule has 0 amide bonds. The second kappa shape index (κ2) is 12.0. The van der Waals surface area contributed by atoms with Crippen molar-refractivity contribution in [2.24, 2.45) is 0 Å². The van der Waals surface area contributed by atoms with Gasteiger partial charge < -0.3 is 14.8 Å². The van der Waals surface area contributed by atoms with Crippen molar-refractivity contribution in [2.45, 2.75) is 43.8 Å². The molecule has 0 radical (unpaired) electrons. The highest BCUT2D eigenvalue weighted by Crippen LogP contribution is 2.38. The van der Waals surface area contributed by atoms with Gasteiger partial charge in [-0.05, 0) is 42.2 Å². The first-order valence-corrected chi connectivity index (χ1v) is 13.7. The highest BCUT2D eigenvalue weighted by molar-refractivity contribution is 7.98. The van der Waals surface area contributed by atoms with Gasteiger partial charge in [0.15, 0.2) is 0 Å². The Balaban J connectivity index is 1.46. The van der Waals surface area contributed by atoms with E-state index in [0.29, 0.717) is 29.0 Å². The standard InChI is InChI=1S/C30H30N4O3S/c1-3-17-36-25-16-10-15-24(18-25)27-26(28(35)37-19-22-11-6-4-7-12-22)21(2)31-29-32-30(33-34(27)29)38-20-23-13-8-5-9-14-23/h4-16,18,27H,3,17,19-20H2,1-2H3,(H,31,32,33). The van der Waals surface area contributed by atoms with Crippen molar-refractivity contribution in [2.75, 3.05) is 11.9 Å². The predicted molar refractivity (Wildman–Crippen MR) is 149 cm³/mol. The minimum atomic E-state index is -0.515. The van der Waals surface area contributed by atoms with Gasteiger partial charge in [0, 0.05) is 11.4 Å².